The third kappa shape index (κ3) is 5.45. The van der Waals surface area contributed by atoms with Crippen molar-refractivity contribution < 1.29 is 23.9 Å². The number of halogens is 1. The van der Waals surface area contributed by atoms with Crippen LogP contribution in [0.2, 0.25) is 0 Å². The molecule has 0 atom stereocenters. The number of carbonyl (C=O) groups is 4. The van der Waals surface area contributed by atoms with Crippen molar-refractivity contribution in [2.75, 3.05) is 21.7 Å². The van der Waals surface area contributed by atoms with Gasteiger partial charge in [0.05, 0.1) is 17.4 Å². The molecule has 1 N–H and O–H groups in total. The van der Waals surface area contributed by atoms with Crippen molar-refractivity contribution in [1.29, 1.82) is 0 Å². The van der Waals surface area contributed by atoms with Crippen LogP contribution in [-0.4, -0.2) is 36.3 Å². The largest absolute Gasteiger partial charge is 0.459 e. The van der Waals surface area contributed by atoms with Gasteiger partial charge in [0, 0.05) is 23.5 Å². The summed E-state index contributed by atoms with van der Waals surface area (Å²) >= 11 is 6.24. The molecule has 3 aromatic carbocycles. The predicted molar refractivity (Wildman–Crippen MR) is 146 cm³/mol. The highest BCUT2D eigenvalue weighted by Crippen LogP contribution is 2.30. The van der Waals surface area contributed by atoms with Crippen LogP contribution in [0.4, 0.5) is 17.1 Å². The van der Waals surface area contributed by atoms with Gasteiger partial charge in [-0.1, -0.05) is 29.8 Å². The van der Waals surface area contributed by atoms with Gasteiger partial charge in [0.25, 0.3) is 17.7 Å². The molecule has 3 amide bonds. The second-order valence-corrected chi connectivity index (χ2v) is 9.10. The van der Waals surface area contributed by atoms with Crippen LogP contribution < -0.4 is 15.1 Å². The van der Waals surface area contributed by atoms with E-state index in [1.807, 2.05) is 37.3 Å². The molecular formula is C29H26ClN3O5. The molecule has 1 aliphatic heterocycles. The van der Waals surface area contributed by atoms with Crippen LogP contribution in [0.5, 0.6) is 0 Å². The summed E-state index contributed by atoms with van der Waals surface area (Å²) < 4.78 is 5.16. The minimum atomic E-state index is -0.690. The van der Waals surface area contributed by atoms with Gasteiger partial charge in [-0.25, -0.2) is 9.69 Å². The van der Waals surface area contributed by atoms with E-state index in [0.717, 1.165) is 10.6 Å². The topological polar surface area (TPSA) is 96.0 Å². The number of rotatable bonds is 8. The maximum atomic E-state index is 13.1. The van der Waals surface area contributed by atoms with E-state index < -0.39 is 17.8 Å². The summed E-state index contributed by atoms with van der Waals surface area (Å²) in [5.41, 5.74) is 2.21. The Kier molecular flexibility index (Phi) is 7.93. The van der Waals surface area contributed by atoms with Crippen LogP contribution in [0.1, 0.15) is 41.5 Å². The molecular weight excluding hydrogens is 506 g/mol. The predicted octanol–water partition coefficient (Wildman–Crippen LogP) is 5.35. The smallest absolute Gasteiger partial charge is 0.338 e. The molecule has 0 bridgehead atoms. The lowest BCUT2D eigenvalue weighted by Gasteiger charge is -2.21. The molecule has 0 unspecified atom stereocenters. The molecule has 0 aliphatic carbocycles. The third-order valence-electron chi connectivity index (χ3n) is 5.76. The molecule has 38 heavy (non-hydrogen) atoms. The monoisotopic (exact) mass is 531 g/mol. The Morgan fingerprint density at radius 2 is 1.50 bits per heavy atom. The van der Waals surface area contributed by atoms with E-state index in [4.69, 9.17) is 16.3 Å². The highest BCUT2D eigenvalue weighted by atomic mass is 35.5. The fourth-order valence-electron chi connectivity index (χ4n) is 3.92. The van der Waals surface area contributed by atoms with Crippen molar-refractivity contribution >= 4 is 52.4 Å². The maximum Gasteiger partial charge on any atom is 0.338 e. The highest BCUT2D eigenvalue weighted by Gasteiger charge is 2.39. The minimum absolute atomic E-state index is 0.0847. The zero-order valence-corrected chi connectivity index (χ0v) is 21.9. The Morgan fingerprint density at radius 3 is 2.08 bits per heavy atom. The first kappa shape index (κ1) is 26.6. The SMILES string of the molecule is CCN(C(=O)c1ccc(NC2=C(Cl)C(=O)N(c3ccc(C(=O)OC(C)C)cc3)C2=O)cc1)c1ccccc1. The van der Waals surface area contributed by atoms with Gasteiger partial charge in [-0.3, -0.25) is 14.4 Å². The van der Waals surface area contributed by atoms with Crippen LogP contribution >= 0.6 is 11.6 Å². The van der Waals surface area contributed by atoms with Crippen molar-refractivity contribution in [3.05, 3.63) is 101 Å². The zero-order chi connectivity index (χ0) is 27.4. The fourth-order valence-corrected chi connectivity index (χ4v) is 4.13. The minimum Gasteiger partial charge on any atom is -0.459 e. The molecule has 0 saturated heterocycles. The van der Waals surface area contributed by atoms with E-state index in [-0.39, 0.29) is 28.4 Å². The number of carbonyl (C=O) groups excluding carboxylic acids is 4. The molecule has 1 heterocycles. The van der Waals surface area contributed by atoms with Crippen LogP contribution in [0.25, 0.3) is 0 Å². The molecule has 9 heteroatoms. The summed E-state index contributed by atoms with van der Waals surface area (Å²) in [7, 11) is 0. The quantitative estimate of drug-likeness (QED) is 0.311. The van der Waals surface area contributed by atoms with Crippen molar-refractivity contribution in [3.63, 3.8) is 0 Å². The maximum absolute atomic E-state index is 13.1. The first-order valence-electron chi connectivity index (χ1n) is 12.0. The Hall–Kier alpha value is -4.43. The van der Waals surface area contributed by atoms with Gasteiger partial charge in [-0.2, -0.15) is 0 Å². The third-order valence-corrected chi connectivity index (χ3v) is 6.11. The number of esters is 1. The second-order valence-electron chi connectivity index (χ2n) is 8.72. The average molecular weight is 532 g/mol. The first-order valence-corrected chi connectivity index (χ1v) is 12.4. The molecule has 0 aromatic heterocycles. The highest BCUT2D eigenvalue weighted by molar-refractivity contribution is 6.53. The number of para-hydroxylation sites is 1. The molecule has 1 aliphatic rings. The summed E-state index contributed by atoms with van der Waals surface area (Å²) in [5, 5.41) is 2.64. The number of benzene rings is 3. The van der Waals surface area contributed by atoms with Gasteiger partial charge in [0.15, 0.2) is 0 Å². The number of imide groups is 1. The summed E-state index contributed by atoms with van der Waals surface area (Å²) in [5.74, 6) is -2.00. The molecule has 0 saturated carbocycles. The average Bonchev–Trinajstić information content (AvgIpc) is 3.12. The van der Waals surface area contributed by atoms with Crippen molar-refractivity contribution in [2.24, 2.45) is 0 Å². The van der Waals surface area contributed by atoms with Gasteiger partial charge in [0.2, 0.25) is 0 Å². The van der Waals surface area contributed by atoms with Gasteiger partial charge < -0.3 is 15.0 Å². The fraction of sp³-hybridized carbons (Fsp3) is 0.172. The lowest BCUT2D eigenvalue weighted by molar-refractivity contribution is -0.120. The molecule has 8 nitrogen and oxygen atoms in total. The molecule has 0 spiro atoms. The molecule has 194 valence electrons. The van der Waals surface area contributed by atoms with E-state index in [1.54, 1.807) is 43.0 Å². The Morgan fingerprint density at radius 1 is 0.895 bits per heavy atom. The van der Waals surface area contributed by atoms with Crippen LogP contribution in [-0.2, 0) is 14.3 Å². The van der Waals surface area contributed by atoms with Crippen molar-refractivity contribution in [2.45, 2.75) is 26.9 Å². The second kappa shape index (κ2) is 11.3. The lowest BCUT2D eigenvalue weighted by Crippen LogP contribution is -2.32. The van der Waals surface area contributed by atoms with Gasteiger partial charge in [0.1, 0.15) is 10.7 Å². The van der Waals surface area contributed by atoms with Gasteiger partial charge in [-0.15, -0.1) is 0 Å². The number of hydrogen-bond acceptors (Lipinski definition) is 6. The first-order chi connectivity index (χ1) is 18.2. The number of amides is 3. The number of nitrogens with zero attached hydrogens (tertiary/aromatic N) is 2. The Labute approximate surface area is 225 Å². The van der Waals surface area contributed by atoms with Crippen LogP contribution in [0.15, 0.2) is 89.6 Å². The van der Waals surface area contributed by atoms with E-state index in [9.17, 15) is 19.2 Å². The molecule has 0 radical (unpaired) electrons. The van der Waals surface area contributed by atoms with Gasteiger partial charge in [-0.05, 0) is 81.4 Å². The van der Waals surface area contributed by atoms with E-state index in [1.165, 1.54) is 24.3 Å². The number of ether oxygens (including phenoxy) is 1. The molecule has 0 fully saturated rings. The normalized spacial score (nSPS) is 13.2. The zero-order valence-electron chi connectivity index (χ0n) is 21.1. The number of anilines is 3. The number of nitrogens with one attached hydrogen (secondary N) is 1. The summed E-state index contributed by atoms with van der Waals surface area (Å²) in [4.78, 5) is 53.6. The Bertz CT molecular complexity index is 1400. The van der Waals surface area contributed by atoms with E-state index in [2.05, 4.69) is 5.32 Å². The summed E-state index contributed by atoms with van der Waals surface area (Å²) in [6.07, 6.45) is -0.276. The molecule has 3 aromatic rings. The van der Waals surface area contributed by atoms with E-state index in [0.29, 0.717) is 23.4 Å². The molecule has 4 rings (SSSR count). The lowest BCUT2D eigenvalue weighted by atomic mass is 10.1. The van der Waals surface area contributed by atoms with E-state index >= 15 is 0 Å². The van der Waals surface area contributed by atoms with Gasteiger partial charge >= 0.3 is 5.97 Å². The standard InChI is InChI=1S/C29H26ClN3O5/c1-4-32(22-8-6-5-7-9-22)26(34)19-10-14-21(15-11-19)31-25-24(30)27(35)33(28(25)36)23-16-12-20(13-17-23)29(37)38-18(2)3/h5-18,31H,4H2,1-3H3. The van der Waals surface area contributed by atoms with Crippen molar-refractivity contribution in [1.82, 2.24) is 0 Å². The number of hydrogen-bond donors (Lipinski definition) is 1. The Balaban J connectivity index is 1.48. The van der Waals surface area contributed by atoms with Crippen LogP contribution in [0, 0.1) is 0 Å². The van der Waals surface area contributed by atoms with Crippen molar-refractivity contribution in [3.8, 4) is 0 Å². The summed E-state index contributed by atoms with van der Waals surface area (Å²) in [6.45, 7) is 5.88. The van der Waals surface area contributed by atoms with Crippen LogP contribution in [0.3, 0.4) is 0 Å². The summed E-state index contributed by atoms with van der Waals surface area (Å²) in [6, 6.07) is 21.8.